The number of nitrogens with zero attached hydrogens (tertiary/aromatic N) is 2. The molecular weight excluding hydrogens is 280 g/mol. The van der Waals surface area contributed by atoms with Crippen LogP contribution in [0.5, 0.6) is 0 Å². The Morgan fingerprint density at radius 3 is 2.59 bits per heavy atom. The van der Waals surface area contributed by atoms with E-state index in [1.165, 1.54) is 0 Å². The predicted octanol–water partition coefficient (Wildman–Crippen LogP) is 2.29. The van der Waals surface area contributed by atoms with Crippen LogP contribution in [-0.4, -0.2) is 29.6 Å². The summed E-state index contributed by atoms with van der Waals surface area (Å²) in [6.45, 7) is 0. The van der Waals surface area contributed by atoms with E-state index in [1.807, 2.05) is 18.2 Å². The minimum atomic E-state index is -1.17. The van der Waals surface area contributed by atoms with Gasteiger partial charge >= 0.3 is 0 Å². The van der Waals surface area contributed by atoms with Crippen molar-refractivity contribution >= 4 is 17.5 Å². The van der Waals surface area contributed by atoms with Gasteiger partial charge in [-0.3, -0.25) is 10.1 Å². The van der Waals surface area contributed by atoms with Crippen LogP contribution in [0.25, 0.3) is 6.08 Å². The number of rotatable bonds is 4. The molecule has 0 saturated heterocycles. The van der Waals surface area contributed by atoms with Crippen molar-refractivity contribution in [3.8, 4) is 0 Å². The lowest BCUT2D eigenvalue weighted by Gasteiger charge is -2.29. The number of anilines is 2. The number of hydrogen-bond donors (Lipinski definition) is 2. The van der Waals surface area contributed by atoms with Crippen LogP contribution in [-0.2, 0) is 0 Å². The normalized spacial score (nSPS) is 21.3. The van der Waals surface area contributed by atoms with Crippen molar-refractivity contribution in [3.63, 3.8) is 0 Å². The van der Waals surface area contributed by atoms with Crippen LogP contribution in [0.1, 0.15) is 12.0 Å². The van der Waals surface area contributed by atoms with Gasteiger partial charge in [0.2, 0.25) is 0 Å². The minimum Gasteiger partial charge on any atom is -0.399 e. The Morgan fingerprint density at radius 1 is 1.32 bits per heavy atom. The maximum Gasteiger partial charge on any atom is 0.299 e. The van der Waals surface area contributed by atoms with E-state index in [0.29, 0.717) is 17.8 Å². The molecule has 1 aliphatic rings. The highest BCUT2D eigenvalue weighted by molar-refractivity contribution is 5.70. The second-order valence-corrected chi connectivity index (χ2v) is 5.49. The SMILES string of the molecule is CN(C)C1([N+](=O)[O-])C=CC(C=Cc2cc(N)ccc2N)=CC1. The first-order chi connectivity index (χ1) is 10.3. The van der Waals surface area contributed by atoms with E-state index in [-0.39, 0.29) is 4.92 Å². The summed E-state index contributed by atoms with van der Waals surface area (Å²) < 4.78 is 0. The lowest BCUT2D eigenvalue weighted by Crippen LogP contribution is -2.49. The molecule has 1 aromatic rings. The van der Waals surface area contributed by atoms with E-state index in [1.54, 1.807) is 49.3 Å². The van der Waals surface area contributed by atoms with E-state index >= 15 is 0 Å². The van der Waals surface area contributed by atoms with E-state index in [0.717, 1.165) is 11.1 Å². The van der Waals surface area contributed by atoms with E-state index in [2.05, 4.69) is 0 Å². The van der Waals surface area contributed by atoms with E-state index < -0.39 is 5.66 Å². The molecule has 0 aromatic heterocycles. The Labute approximate surface area is 129 Å². The third-order valence-electron chi connectivity index (χ3n) is 3.84. The number of benzene rings is 1. The summed E-state index contributed by atoms with van der Waals surface area (Å²) in [5.74, 6) is 0. The lowest BCUT2D eigenvalue weighted by atomic mass is 9.95. The quantitative estimate of drug-likeness (QED) is 0.385. The van der Waals surface area contributed by atoms with Crippen LogP contribution < -0.4 is 11.5 Å². The highest BCUT2D eigenvalue weighted by atomic mass is 16.6. The molecule has 0 amide bonds. The van der Waals surface area contributed by atoms with Crippen LogP contribution in [0.15, 0.2) is 48.1 Å². The largest absolute Gasteiger partial charge is 0.399 e. The van der Waals surface area contributed by atoms with Crippen LogP contribution in [0, 0.1) is 10.1 Å². The molecule has 0 spiro atoms. The molecule has 0 bridgehead atoms. The van der Waals surface area contributed by atoms with Crippen LogP contribution in [0.4, 0.5) is 11.4 Å². The highest BCUT2D eigenvalue weighted by Crippen LogP contribution is 2.27. The zero-order valence-electron chi connectivity index (χ0n) is 12.7. The number of hydrogen-bond acceptors (Lipinski definition) is 5. The minimum absolute atomic E-state index is 0.267. The molecule has 0 radical (unpaired) electrons. The molecule has 1 unspecified atom stereocenters. The Bertz CT molecular complexity index is 677. The van der Waals surface area contributed by atoms with Gasteiger partial charge in [0, 0.05) is 22.4 Å². The molecule has 0 heterocycles. The maximum absolute atomic E-state index is 11.3. The smallest absolute Gasteiger partial charge is 0.299 e. The third-order valence-corrected chi connectivity index (χ3v) is 3.84. The standard InChI is InChI=1S/C16H20N4O2/c1-19(2)16(20(21)22)9-7-12(8-10-16)3-4-13-11-14(17)5-6-15(13)18/h3-9,11H,10,17-18H2,1-2H3. The molecule has 116 valence electrons. The molecule has 4 N–H and O–H groups in total. The lowest BCUT2D eigenvalue weighted by molar-refractivity contribution is -0.582. The predicted molar refractivity (Wildman–Crippen MR) is 89.6 cm³/mol. The van der Waals surface area contributed by atoms with Gasteiger partial charge in [-0.25, -0.2) is 4.90 Å². The van der Waals surface area contributed by atoms with E-state index in [9.17, 15) is 10.1 Å². The zero-order chi connectivity index (χ0) is 16.3. The molecule has 1 aliphatic carbocycles. The zero-order valence-corrected chi connectivity index (χ0v) is 12.7. The summed E-state index contributed by atoms with van der Waals surface area (Å²) in [5, 5.41) is 11.3. The number of nitro groups is 1. The molecule has 0 saturated carbocycles. The second kappa shape index (κ2) is 6.03. The van der Waals surface area contributed by atoms with Crippen molar-refractivity contribution in [2.45, 2.75) is 12.1 Å². The Balaban J connectivity index is 2.19. The number of likely N-dealkylation sites (N-methyl/N-ethyl adjacent to an activating group) is 1. The highest BCUT2D eigenvalue weighted by Gasteiger charge is 2.42. The fourth-order valence-corrected chi connectivity index (χ4v) is 2.31. The Kier molecular flexibility index (Phi) is 4.32. The molecular formula is C16H20N4O2. The van der Waals surface area contributed by atoms with Crippen LogP contribution >= 0.6 is 0 Å². The van der Waals surface area contributed by atoms with Gasteiger partial charge in [-0.15, -0.1) is 0 Å². The monoisotopic (exact) mass is 300 g/mol. The molecule has 6 nitrogen and oxygen atoms in total. The molecule has 0 aliphatic heterocycles. The number of allylic oxidation sites excluding steroid dienone is 3. The summed E-state index contributed by atoms with van der Waals surface area (Å²) in [4.78, 5) is 12.7. The first kappa shape index (κ1) is 15.8. The van der Waals surface area contributed by atoms with Gasteiger partial charge in [0.15, 0.2) is 0 Å². The summed E-state index contributed by atoms with van der Waals surface area (Å²) in [6, 6.07) is 5.29. The summed E-state index contributed by atoms with van der Waals surface area (Å²) in [7, 11) is 3.41. The first-order valence-electron chi connectivity index (χ1n) is 6.89. The van der Waals surface area contributed by atoms with Crippen molar-refractivity contribution in [1.82, 2.24) is 4.90 Å². The molecule has 22 heavy (non-hydrogen) atoms. The third kappa shape index (κ3) is 3.01. The number of nitrogens with two attached hydrogens (primary N) is 2. The van der Waals surface area contributed by atoms with Gasteiger partial charge in [-0.05, 0) is 43.4 Å². The van der Waals surface area contributed by atoms with Gasteiger partial charge in [0.1, 0.15) is 0 Å². The number of nitrogen functional groups attached to an aromatic ring is 2. The average Bonchev–Trinajstić information content (AvgIpc) is 2.48. The van der Waals surface area contributed by atoms with E-state index in [4.69, 9.17) is 11.5 Å². The first-order valence-corrected chi connectivity index (χ1v) is 6.89. The fraction of sp³-hybridized carbons (Fsp3) is 0.250. The fourth-order valence-electron chi connectivity index (χ4n) is 2.31. The Hall–Kier alpha value is -2.60. The topological polar surface area (TPSA) is 98.4 Å². The molecule has 1 aromatic carbocycles. The second-order valence-electron chi connectivity index (χ2n) is 5.49. The summed E-state index contributed by atoms with van der Waals surface area (Å²) >= 11 is 0. The molecule has 2 rings (SSSR count). The van der Waals surface area contributed by atoms with Crippen molar-refractivity contribution in [2.24, 2.45) is 0 Å². The Morgan fingerprint density at radius 2 is 2.05 bits per heavy atom. The van der Waals surface area contributed by atoms with Crippen molar-refractivity contribution in [1.29, 1.82) is 0 Å². The van der Waals surface area contributed by atoms with Crippen molar-refractivity contribution in [2.75, 3.05) is 25.6 Å². The maximum atomic E-state index is 11.3. The molecule has 0 fully saturated rings. The van der Waals surface area contributed by atoms with Crippen LogP contribution in [0.3, 0.4) is 0 Å². The van der Waals surface area contributed by atoms with Gasteiger partial charge in [0.25, 0.3) is 5.66 Å². The van der Waals surface area contributed by atoms with Gasteiger partial charge in [0.05, 0.1) is 6.42 Å². The van der Waals surface area contributed by atoms with Gasteiger partial charge in [-0.2, -0.15) is 0 Å². The van der Waals surface area contributed by atoms with Gasteiger partial charge < -0.3 is 11.5 Å². The van der Waals surface area contributed by atoms with Gasteiger partial charge in [-0.1, -0.05) is 24.3 Å². The summed E-state index contributed by atoms with van der Waals surface area (Å²) in [5.41, 5.74) is 13.5. The van der Waals surface area contributed by atoms with Crippen molar-refractivity contribution < 1.29 is 4.92 Å². The van der Waals surface area contributed by atoms with Crippen molar-refractivity contribution in [3.05, 3.63) is 63.8 Å². The summed E-state index contributed by atoms with van der Waals surface area (Å²) in [6.07, 6.45) is 9.27. The molecule has 1 atom stereocenters. The molecule has 6 heteroatoms. The average molecular weight is 300 g/mol. The van der Waals surface area contributed by atoms with Crippen LogP contribution in [0.2, 0.25) is 0 Å².